The van der Waals surface area contributed by atoms with Crippen LogP contribution in [0.3, 0.4) is 0 Å². The molecule has 4 heterocycles. The first-order chi connectivity index (χ1) is 14.3. The van der Waals surface area contributed by atoms with Crippen molar-refractivity contribution in [3.05, 3.63) is 50.4 Å². The molecule has 2 aliphatic heterocycles. The number of hydrogen-bond donors (Lipinski definition) is 8. The molecule has 2 aromatic rings. The van der Waals surface area contributed by atoms with Gasteiger partial charge in [-0.2, -0.15) is 9.37 Å². The van der Waals surface area contributed by atoms with Gasteiger partial charge in [-0.05, 0) is 0 Å². The second-order valence-electron chi connectivity index (χ2n) is 5.88. The summed E-state index contributed by atoms with van der Waals surface area (Å²) >= 11 is 0. The minimum atomic E-state index is -4.64. The van der Waals surface area contributed by atoms with E-state index in [1.807, 2.05) is 4.98 Å². The fourth-order valence-electron chi connectivity index (χ4n) is 2.45. The molecule has 0 aliphatic carbocycles. The molecule has 0 aromatic carbocycles. The molecule has 1 saturated heterocycles. The quantitative estimate of drug-likeness (QED) is 0.192. The number of rotatable bonds is 1. The highest BCUT2D eigenvalue weighted by Gasteiger charge is 2.51. The van der Waals surface area contributed by atoms with E-state index in [-0.39, 0.29) is 12.6 Å². The van der Waals surface area contributed by atoms with Gasteiger partial charge >= 0.3 is 19.5 Å². The molecule has 0 saturated carbocycles. The Hall–Kier alpha value is -2.79. The third kappa shape index (κ3) is 6.34. The van der Waals surface area contributed by atoms with Crippen LogP contribution in [0, 0.1) is 17.0 Å². The van der Waals surface area contributed by atoms with Crippen molar-refractivity contribution < 1.29 is 47.7 Å². The van der Waals surface area contributed by atoms with Gasteiger partial charge in [0.25, 0.3) is 5.56 Å². The molecule has 31 heavy (non-hydrogen) atoms. The van der Waals surface area contributed by atoms with Crippen LogP contribution in [0.5, 0.6) is 6.01 Å². The van der Waals surface area contributed by atoms with Crippen LogP contribution in [0.1, 0.15) is 6.23 Å². The maximum Gasteiger partial charge on any atom is 0.466 e. The van der Waals surface area contributed by atoms with E-state index in [9.17, 15) is 23.5 Å². The molecule has 15 nitrogen and oxygen atoms in total. The molecule has 4 rings (SSSR count). The highest BCUT2D eigenvalue weighted by Crippen LogP contribution is 2.38. The third-order valence-electron chi connectivity index (χ3n) is 3.69. The van der Waals surface area contributed by atoms with Crippen LogP contribution in [-0.2, 0) is 9.30 Å². The number of aliphatic hydroxyl groups excluding tert-OH is 2. The van der Waals surface area contributed by atoms with E-state index in [1.165, 1.54) is 4.57 Å². The van der Waals surface area contributed by atoms with Crippen molar-refractivity contribution in [3.63, 3.8) is 0 Å². The number of fused-ring (bicyclic) bond motifs is 3. The van der Waals surface area contributed by atoms with Gasteiger partial charge in [-0.25, -0.2) is 13.8 Å². The predicted octanol–water partition coefficient (Wildman–Crippen LogP) is -3.21. The molecule has 0 bridgehead atoms. The zero-order valence-corrected chi connectivity index (χ0v) is 15.9. The number of phosphoric acid groups is 1. The highest BCUT2D eigenvalue weighted by molar-refractivity contribution is 7.45. The molecule has 1 fully saturated rings. The maximum atomic E-state index is 13.2. The number of aromatic amines is 2. The minimum Gasteiger partial charge on any atom is -0.454 e. The minimum absolute atomic E-state index is 0.0295. The van der Waals surface area contributed by atoms with Gasteiger partial charge in [0.05, 0.1) is 12.8 Å². The monoisotopic (exact) mass is 471 g/mol. The summed E-state index contributed by atoms with van der Waals surface area (Å²) in [6.07, 6.45) is -1.47. The van der Waals surface area contributed by atoms with E-state index in [0.29, 0.717) is 6.20 Å². The van der Waals surface area contributed by atoms with Gasteiger partial charge in [0.15, 0.2) is 23.6 Å². The average molecular weight is 471 g/mol. The summed E-state index contributed by atoms with van der Waals surface area (Å²) in [6.45, 7) is -0.347. The van der Waals surface area contributed by atoms with Crippen LogP contribution in [-0.4, -0.2) is 69.3 Å². The van der Waals surface area contributed by atoms with E-state index in [0.717, 1.165) is 6.20 Å². The van der Waals surface area contributed by atoms with Crippen molar-refractivity contribution in [3.8, 4) is 6.01 Å². The first-order valence-electron chi connectivity index (χ1n) is 8.02. The molecular formula is C13H16F2N5O10P. The molecule has 2 aromatic heterocycles. The summed E-state index contributed by atoms with van der Waals surface area (Å²) < 4.78 is 46.0. The van der Waals surface area contributed by atoms with Gasteiger partial charge in [-0.1, -0.05) is 0 Å². The van der Waals surface area contributed by atoms with Gasteiger partial charge < -0.3 is 39.4 Å². The summed E-state index contributed by atoms with van der Waals surface area (Å²) in [4.78, 5) is 49.2. The molecule has 0 radical (unpaired) electrons. The van der Waals surface area contributed by atoms with Crippen LogP contribution in [0.2, 0.25) is 0 Å². The summed E-state index contributed by atoms with van der Waals surface area (Å²) in [5.41, 5.74) is -2.23. The van der Waals surface area contributed by atoms with Crippen molar-refractivity contribution in [2.45, 2.75) is 24.5 Å². The van der Waals surface area contributed by atoms with Crippen LogP contribution < -0.4 is 21.5 Å². The van der Waals surface area contributed by atoms with E-state index >= 15 is 0 Å². The summed E-state index contributed by atoms with van der Waals surface area (Å²) in [7, 11) is -4.64. The molecular weight excluding hydrogens is 455 g/mol. The maximum absolute atomic E-state index is 13.2. The van der Waals surface area contributed by atoms with Crippen molar-refractivity contribution in [1.29, 1.82) is 5.41 Å². The molecule has 0 amide bonds. The van der Waals surface area contributed by atoms with Crippen LogP contribution in [0.25, 0.3) is 0 Å². The molecule has 0 spiro atoms. The van der Waals surface area contributed by atoms with E-state index in [2.05, 4.69) is 4.98 Å². The fourth-order valence-corrected chi connectivity index (χ4v) is 2.45. The Morgan fingerprint density at radius 1 is 1.26 bits per heavy atom. The van der Waals surface area contributed by atoms with Gasteiger partial charge in [0.2, 0.25) is 5.82 Å². The second-order valence-corrected chi connectivity index (χ2v) is 6.91. The molecule has 2 aliphatic rings. The Balaban J connectivity index is 0.000000205. The number of H-pyrrole nitrogens is 2. The summed E-state index contributed by atoms with van der Waals surface area (Å²) in [6, 6.07) is 0.0295. The number of ether oxygens (including phenoxy) is 2. The van der Waals surface area contributed by atoms with Gasteiger partial charge in [-0.3, -0.25) is 19.8 Å². The number of aromatic nitrogens is 4. The van der Waals surface area contributed by atoms with Crippen LogP contribution >= 0.6 is 7.82 Å². The lowest BCUT2D eigenvalue weighted by Gasteiger charge is -2.14. The SMILES string of the molecule is N=c1nc2n(cc1F)[C@@H]1O[C@H](CO)[C@@H](O)[C@@H]1O2.O=P(O)(O)O.O=c1[nH]cc(F)c(=O)[nH]1. The number of aliphatic hydroxyl groups is 2. The Kier molecular flexibility index (Phi) is 7.55. The van der Waals surface area contributed by atoms with E-state index in [4.69, 9.17) is 39.2 Å². The zero-order chi connectivity index (χ0) is 23.5. The third-order valence-corrected chi connectivity index (χ3v) is 3.69. The Labute approximate surface area is 168 Å². The highest BCUT2D eigenvalue weighted by atomic mass is 31.2. The number of hydrogen-bond acceptors (Lipinski definition) is 9. The van der Waals surface area contributed by atoms with E-state index in [1.54, 1.807) is 4.98 Å². The lowest BCUT2D eigenvalue weighted by atomic mass is 10.1. The molecule has 18 heteroatoms. The van der Waals surface area contributed by atoms with Gasteiger partial charge in [0.1, 0.15) is 12.2 Å². The fraction of sp³-hybridized carbons (Fsp3) is 0.385. The standard InChI is InChI=1S/C9H10FN3O4.C4H3FN2O2.H3O4P/c10-3-1-13-8-6(5(15)4(2-14)16-8)17-9(13)12-7(3)11;5-2-1-6-4(9)7-3(2)8;1-5(2,3)4/h1,4-6,8,11,14-15H,2H2;1H,(H2,6,7,8,9);(H3,1,2,3,4)/t4-,5-,6+,8-;;/m1../s1. The van der Waals surface area contributed by atoms with Gasteiger partial charge in [0, 0.05) is 6.20 Å². The molecule has 8 N–H and O–H groups in total. The topological polar surface area (TPSA) is 244 Å². The molecule has 172 valence electrons. The average Bonchev–Trinajstić information content (AvgIpc) is 3.14. The summed E-state index contributed by atoms with van der Waals surface area (Å²) in [5.74, 6) is -1.79. The first kappa shape index (κ1) is 24.5. The van der Waals surface area contributed by atoms with Crippen molar-refractivity contribution >= 4 is 7.82 Å². The Bertz CT molecular complexity index is 1140. The van der Waals surface area contributed by atoms with Crippen molar-refractivity contribution in [1.82, 2.24) is 19.5 Å². The first-order valence-corrected chi connectivity index (χ1v) is 9.58. The predicted molar refractivity (Wildman–Crippen MR) is 91.4 cm³/mol. The number of nitrogens with zero attached hydrogens (tertiary/aromatic N) is 2. The van der Waals surface area contributed by atoms with Crippen LogP contribution in [0.15, 0.2) is 22.0 Å². The lowest BCUT2D eigenvalue weighted by Crippen LogP contribution is -2.34. The largest absolute Gasteiger partial charge is 0.466 e. The Morgan fingerprint density at radius 2 is 1.87 bits per heavy atom. The zero-order valence-electron chi connectivity index (χ0n) is 15.0. The van der Waals surface area contributed by atoms with Crippen molar-refractivity contribution in [2.75, 3.05) is 6.61 Å². The van der Waals surface area contributed by atoms with Crippen molar-refractivity contribution in [2.24, 2.45) is 0 Å². The smallest absolute Gasteiger partial charge is 0.454 e. The normalized spacial score (nSPS) is 23.5. The number of nitrogens with one attached hydrogen (secondary N) is 3. The van der Waals surface area contributed by atoms with Crippen LogP contribution in [0.4, 0.5) is 8.78 Å². The number of halogens is 2. The van der Waals surface area contributed by atoms with Gasteiger partial charge in [-0.15, -0.1) is 0 Å². The Morgan fingerprint density at radius 3 is 2.39 bits per heavy atom. The van der Waals surface area contributed by atoms with E-state index < -0.39 is 60.7 Å². The second kappa shape index (κ2) is 9.56. The lowest BCUT2D eigenvalue weighted by molar-refractivity contribution is -0.0437. The molecule has 0 unspecified atom stereocenters. The molecule has 4 atom stereocenters. The summed E-state index contributed by atoms with van der Waals surface area (Å²) in [5, 5.41) is 25.9.